The molecule has 2 saturated heterocycles. The van der Waals surface area contributed by atoms with Crippen LogP contribution in [0.1, 0.15) is 24.6 Å². The molecular weight excluding hydrogens is 630 g/mol. The van der Waals surface area contributed by atoms with Crippen molar-refractivity contribution in [2.45, 2.75) is 32.5 Å². The summed E-state index contributed by atoms with van der Waals surface area (Å²) in [6.45, 7) is 5.87. The van der Waals surface area contributed by atoms with Crippen molar-refractivity contribution in [1.29, 1.82) is 0 Å². The van der Waals surface area contributed by atoms with Gasteiger partial charge >= 0.3 is 0 Å². The predicted molar refractivity (Wildman–Crippen MR) is 184 cm³/mol. The molecule has 5 heterocycles. The average molecular weight is 668 g/mol. The van der Waals surface area contributed by atoms with Crippen LogP contribution in [0, 0.1) is 5.41 Å². The maximum Gasteiger partial charge on any atom is 0.220 e. The second kappa shape index (κ2) is 13.2. The van der Waals surface area contributed by atoms with Crippen molar-refractivity contribution >= 4 is 28.4 Å². The van der Waals surface area contributed by atoms with Gasteiger partial charge in [-0.1, -0.05) is 48.0 Å². The Morgan fingerprint density at radius 2 is 1.83 bits per heavy atom. The Morgan fingerprint density at radius 3 is 2.58 bits per heavy atom. The molecule has 0 bridgehead atoms. The molecule has 3 N–H and O–H groups in total. The number of halogens is 1. The molecule has 12 heteroatoms. The molecule has 0 radical (unpaired) electrons. The fraction of sp³-hybridized carbons (Fsp3) is 0.333. The van der Waals surface area contributed by atoms with Crippen molar-refractivity contribution in [3.8, 4) is 39.8 Å². The first-order valence-corrected chi connectivity index (χ1v) is 16.4. The number of pyridine rings is 2. The Hall–Kier alpha value is -4.55. The number of benzene rings is 2. The van der Waals surface area contributed by atoms with Crippen LogP contribution in [-0.4, -0.2) is 82.2 Å². The predicted octanol–water partition coefficient (Wildman–Crippen LogP) is 4.61. The van der Waals surface area contributed by atoms with Gasteiger partial charge in [0.2, 0.25) is 11.8 Å². The number of aliphatic hydroxyl groups is 1. The molecule has 2 fully saturated rings. The molecule has 248 valence electrons. The molecule has 2 aromatic carbocycles. The molecule has 2 aliphatic heterocycles. The number of amides is 1. The average Bonchev–Trinajstić information content (AvgIpc) is 3.69. The van der Waals surface area contributed by atoms with Gasteiger partial charge in [0.05, 0.1) is 48.4 Å². The lowest BCUT2D eigenvalue weighted by molar-refractivity contribution is -0.120. The first kappa shape index (κ1) is 32.0. The van der Waals surface area contributed by atoms with E-state index < -0.39 is 6.10 Å². The lowest BCUT2D eigenvalue weighted by Crippen LogP contribution is -2.56. The second-order valence-electron chi connectivity index (χ2n) is 12.8. The van der Waals surface area contributed by atoms with Crippen LogP contribution in [0.2, 0.25) is 5.02 Å². The lowest BCUT2D eigenvalue weighted by atomic mass is 9.79. The molecule has 1 atom stereocenters. The monoisotopic (exact) mass is 667 g/mol. The number of fused-ring (bicyclic) bond motifs is 1. The van der Waals surface area contributed by atoms with E-state index in [0.29, 0.717) is 54.2 Å². The molecule has 3 aromatic heterocycles. The summed E-state index contributed by atoms with van der Waals surface area (Å²) in [5.41, 5.74) is 6.00. The van der Waals surface area contributed by atoms with Crippen molar-refractivity contribution in [3.63, 3.8) is 0 Å². The van der Waals surface area contributed by atoms with E-state index in [1.54, 1.807) is 25.8 Å². The van der Waals surface area contributed by atoms with Crippen LogP contribution in [0.25, 0.3) is 39.1 Å². The van der Waals surface area contributed by atoms with E-state index in [4.69, 9.17) is 36.1 Å². The molecule has 48 heavy (non-hydrogen) atoms. The third-order valence-corrected chi connectivity index (χ3v) is 9.46. The van der Waals surface area contributed by atoms with Gasteiger partial charge in [-0.25, -0.2) is 14.6 Å². The summed E-state index contributed by atoms with van der Waals surface area (Å²) in [5, 5.41) is 22.0. The molecule has 2 aliphatic rings. The quantitative estimate of drug-likeness (QED) is 0.185. The van der Waals surface area contributed by atoms with Gasteiger partial charge in [-0.05, 0) is 24.6 Å². The lowest BCUT2D eigenvalue weighted by Gasteiger charge is -2.47. The van der Waals surface area contributed by atoms with Gasteiger partial charge < -0.3 is 25.2 Å². The second-order valence-corrected chi connectivity index (χ2v) is 13.1. The first-order chi connectivity index (χ1) is 23.3. The molecule has 1 amide bonds. The van der Waals surface area contributed by atoms with Gasteiger partial charge in [-0.3, -0.25) is 9.69 Å². The third-order valence-electron chi connectivity index (χ3n) is 9.06. The van der Waals surface area contributed by atoms with E-state index >= 15 is 0 Å². The molecule has 0 unspecified atom stereocenters. The molecule has 0 aliphatic carbocycles. The number of nitrogens with one attached hydrogen (secondary N) is 2. The topological polar surface area (TPSA) is 127 Å². The van der Waals surface area contributed by atoms with Crippen molar-refractivity contribution in [2.24, 2.45) is 5.41 Å². The molecule has 7 rings (SSSR count). The van der Waals surface area contributed by atoms with Crippen molar-refractivity contribution in [1.82, 2.24) is 35.3 Å². The number of likely N-dealkylation sites (tertiary alicyclic amines) is 1. The summed E-state index contributed by atoms with van der Waals surface area (Å²) in [5.74, 6) is 1.98. The molecular formula is C36H38ClN7O4. The fourth-order valence-corrected chi connectivity index (χ4v) is 7.15. The normalized spacial score (nSPS) is 16.2. The van der Waals surface area contributed by atoms with Crippen molar-refractivity contribution in [3.05, 3.63) is 83.1 Å². The highest BCUT2D eigenvalue weighted by atomic mass is 35.5. The number of methoxy groups -OCH3 is 2. The van der Waals surface area contributed by atoms with Gasteiger partial charge in [0.15, 0.2) is 5.82 Å². The molecule has 1 spiro atoms. The summed E-state index contributed by atoms with van der Waals surface area (Å²) >= 11 is 7.16. The molecule has 0 saturated carbocycles. The Morgan fingerprint density at radius 1 is 1.04 bits per heavy atom. The van der Waals surface area contributed by atoms with Crippen LogP contribution in [0.15, 0.2) is 66.9 Å². The fourth-order valence-electron chi connectivity index (χ4n) is 6.82. The summed E-state index contributed by atoms with van der Waals surface area (Å²) in [4.78, 5) is 23.8. The van der Waals surface area contributed by atoms with Gasteiger partial charge in [0.25, 0.3) is 0 Å². The highest BCUT2D eigenvalue weighted by molar-refractivity contribution is 6.36. The standard InChI is InChI=1S/C36H38ClN7O4/c1-22(45)15-38-16-24-12-25(47-2)13-32(41-24)44-31-9-5-6-26(29(31)17-40-44)27-7-4-8-28(34(27)37)30-11-10-23(35(42-30)48-3)18-43-20-36(21-43)14-33(46)39-19-36/h4-13,17,22,38,45H,14-16,18-21H2,1-3H3,(H,39,46)/t22-/m1/s1. The summed E-state index contributed by atoms with van der Waals surface area (Å²) < 4.78 is 13.1. The van der Waals surface area contributed by atoms with Crippen LogP contribution in [0.5, 0.6) is 11.6 Å². The Labute approximate surface area is 283 Å². The summed E-state index contributed by atoms with van der Waals surface area (Å²) in [7, 11) is 3.26. The zero-order valence-corrected chi connectivity index (χ0v) is 27.9. The number of nitrogens with zero attached hydrogens (tertiary/aromatic N) is 5. The number of aliphatic hydroxyl groups excluding tert-OH is 1. The minimum absolute atomic E-state index is 0.0649. The Bertz CT molecular complexity index is 1990. The van der Waals surface area contributed by atoms with Crippen LogP contribution < -0.4 is 20.1 Å². The van der Waals surface area contributed by atoms with Gasteiger partial charge in [0, 0.05) is 85.3 Å². The number of ether oxygens (including phenoxy) is 2. The molecule has 11 nitrogen and oxygen atoms in total. The summed E-state index contributed by atoms with van der Waals surface area (Å²) in [6, 6.07) is 19.7. The van der Waals surface area contributed by atoms with Crippen LogP contribution in [0.4, 0.5) is 0 Å². The maximum absolute atomic E-state index is 11.7. The first-order valence-electron chi connectivity index (χ1n) is 16.0. The van der Waals surface area contributed by atoms with E-state index in [1.807, 2.05) is 66.9 Å². The smallest absolute Gasteiger partial charge is 0.220 e. The van der Waals surface area contributed by atoms with Crippen LogP contribution in [0.3, 0.4) is 0 Å². The van der Waals surface area contributed by atoms with Crippen LogP contribution in [-0.2, 0) is 17.9 Å². The molecule has 5 aromatic rings. The van der Waals surface area contributed by atoms with E-state index in [9.17, 15) is 9.90 Å². The number of hydrogen-bond acceptors (Lipinski definition) is 9. The number of aromatic nitrogens is 4. The van der Waals surface area contributed by atoms with E-state index in [-0.39, 0.29) is 11.3 Å². The number of rotatable bonds is 11. The van der Waals surface area contributed by atoms with E-state index in [0.717, 1.165) is 58.5 Å². The maximum atomic E-state index is 11.7. The zero-order valence-electron chi connectivity index (χ0n) is 27.2. The largest absolute Gasteiger partial charge is 0.497 e. The van der Waals surface area contributed by atoms with E-state index in [1.165, 1.54) is 0 Å². The van der Waals surface area contributed by atoms with Gasteiger partial charge in [-0.15, -0.1) is 0 Å². The SMILES string of the molecule is COc1cc(CNC[C@@H](C)O)nc(-n2ncc3c(-c4cccc(-c5ccc(CN6CC7(CNC(=O)C7)C6)c(OC)n5)c4Cl)cccc32)c1. The minimum atomic E-state index is -0.460. The minimum Gasteiger partial charge on any atom is -0.497 e. The number of carbonyl (C=O) groups excluding carboxylic acids is 1. The Balaban J connectivity index is 1.17. The summed E-state index contributed by atoms with van der Waals surface area (Å²) in [6.07, 6.45) is 1.97. The van der Waals surface area contributed by atoms with Crippen LogP contribution >= 0.6 is 11.6 Å². The zero-order chi connectivity index (χ0) is 33.4. The highest BCUT2D eigenvalue weighted by Crippen LogP contribution is 2.41. The van der Waals surface area contributed by atoms with Gasteiger partial charge in [0.1, 0.15) is 5.75 Å². The van der Waals surface area contributed by atoms with Crippen molar-refractivity contribution in [2.75, 3.05) is 40.4 Å². The highest BCUT2D eigenvalue weighted by Gasteiger charge is 2.48. The number of carbonyl (C=O) groups is 1. The van der Waals surface area contributed by atoms with Gasteiger partial charge in [-0.2, -0.15) is 5.10 Å². The third kappa shape index (κ3) is 6.22. The van der Waals surface area contributed by atoms with E-state index in [2.05, 4.69) is 15.5 Å². The van der Waals surface area contributed by atoms with Crippen molar-refractivity contribution < 1.29 is 19.4 Å². The Kier molecular flexibility index (Phi) is 8.78. The number of hydrogen-bond donors (Lipinski definition) is 3.